The van der Waals surface area contributed by atoms with E-state index in [1.807, 2.05) is 0 Å². The van der Waals surface area contributed by atoms with Crippen LogP contribution in [0, 0.1) is 11.3 Å². The molecule has 4 unspecified atom stereocenters. The number of hydrogen-bond acceptors (Lipinski definition) is 4. The Kier molecular flexibility index (Phi) is 2.67. The van der Waals surface area contributed by atoms with Crippen molar-refractivity contribution in [1.29, 1.82) is 0 Å². The Morgan fingerprint density at radius 2 is 2.24 bits per heavy atom. The highest BCUT2D eigenvalue weighted by Crippen LogP contribution is 2.66. The molecule has 0 aromatic heterocycles. The van der Waals surface area contributed by atoms with Crippen molar-refractivity contribution >= 4 is 5.97 Å². The second kappa shape index (κ2) is 3.95. The highest BCUT2D eigenvalue weighted by Gasteiger charge is 2.71. The van der Waals surface area contributed by atoms with Gasteiger partial charge in [-0.15, -0.1) is 0 Å². The minimum atomic E-state index is -0.157. The van der Waals surface area contributed by atoms with Crippen molar-refractivity contribution in [2.75, 3.05) is 27.4 Å². The van der Waals surface area contributed by atoms with Gasteiger partial charge in [-0.2, -0.15) is 0 Å². The molecule has 2 heterocycles. The van der Waals surface area contributed by atoms with Crippen LogP contribution in [0.5, 0.6) is 0 Å². The molecular weight excluding hydrogens is 218 g/mol. The second-order valence-corrected chi connectivity index (χ2v) is 5.65. The van der Waals surface area contributed by atoms with Gasteiger partial charge in [0.05, 0.1) is 19.1 Å². The molecule has 3 rings (SSSR count). The summed E-state index contributed by atoms with van der Waals surface area (Å²) in [5.41, 5.74) is -0.157. The summed E-state index contributed by atoms with van der Waals surface area (Å²) in [5, 5.41) is 0. The molecule has 0 N–H and O–H groups in total. The normalized spacial score (nSPS) is 43.3. The fourth-order valence-corrected chi connectivity index (χ4v) is 4.23. The number of esters is 1. The Morgan fingerprint density at radius 1 is 1.41 bits per heavy atom. The summed E-state index contributed by atoms with van der Waals surface area (Å²) in [4.78, 5) is 14.6. The van der Waals surface area contributed by atoms with Crippen LogP contribution in [-0.4, -0.2) is 50.3 Å². The van der Waals surface area contributed by atoms with E-state index in [1.54, 1.807) is 7.11 Å². The van der Waals surface area contributed by atoms with Gasteiger partial charge in [0.15, 0.2) is 0 Å². The first kappa shape index (κ1) is 11.5. The summed E-state index contributed by atoms with van der Waals surface area (Å²) in [6, 6.07) is 1.09. The van der Waals surface area contributed by atoms with E-state index < -0.39 is 0 Å². The number of rotatable bonds is 4. The number of fused-ring (bicyclic) bond motifs is 4. The summed E-state index contributed by atoms with van der Waals surface area (Å²) >= 11 is 0. The summed E-state index contributed by atoms with van der Waals surface area (Å²) in [7, 11) is 3.26. The van der Waals surface area contributed by atoms with Crippen LogP contribution in [0.1, 0.15) is 25.7 Å². The van der Waals surface area contributed by atoms with E-state index in [2.05, 4.69) is 4.90 Å². The maximum atomic E-state index is 12.1. The first-order chi connectivity index (χ1) is 8.24. The molecule has 2 bridgehead atoms. The van der Waals surface area contributed by atoms with Crippen LogP contribution in [0.2, 0.25) is 0 Å². The number of carbonyl (C=O) groups is 1. The van der Waals surface area contributed by atoms with E-state index in [0.29, 0.717) is 18.0 Å². The number of methoxy groups -OCH3 is 2. The van der Waals surface area contributed by atoms with Crippen LogP contribution in [0.3, 0.4) is 0 Å². The zero-order chi connectivity index (χ0) is 12.0. The number of nitrogens with zero attached hydrogens (tertiary/aromatic N) is 1. The van der Waals surface area contributed by atoms with Gasteiger partial charge in [0, 0.05) is 25.7 Å². The molecule has 3 fully saturated rings. The van der Waals surface area contributed by atoms with Gasteiger partial charge < -0.3 is 9.47 Å². The van der Waals surface area contributed by atoms with Gasteiger partial charge in [-0.3, -0.25) is 9.69 Å². The Hall–Kier alpha value is -0.610. The van der Waals surface area contributed by atoms with Crippen molar-refractivity contribution in [3.8, 4) is 0 Å². The van der Waals surface area contributed by atoms with Crippen molar-refractivity contribution in [2.45, 2.75) is 37.8 Å². The first-order valence-corrected chi connectivity index (χ1v) is 6.57. The summed E-state index contributed by atoms with van der Waals surface area (Å²) < 4.78 is 10.2. The molecule has 1 saturated carbocycles. The number of ether oxygens (including phenoxy) is 2. The molecule has 96 valence electrons. The lowest BCUT2D eigenvalue weighted by atomic mass is 9.89. The number of piperidine rings is 1. The molecule has 17 heavy (non-hydrogen) atoms. The van der Waals surface area contributed by atoms with E-state index in [4.69, 9.17) is 9.47 Å². The van der Waals surface area contributed by atoms with Crippen molar-refractivity contribution in [3.05, 3.63) is 0 Å². The summed E-state index contributed by atoms with van der Waals surface area (Å²) in [5.74, 6) is 0.613. The summed E-state index contributed by atoms with van der Waals surface area (Å²) in [6.45, 7) is 1.71. The third-order valence-electron chi connectivity index (χ3n) is 5.07. The monoisotopic (exact) mass is 239 g/mol. The van der Waals surface area contributed by atoms with Crippen LogP contribution in [0.15, 0.2) is 0 Å². The fourth-order valence-electron chi connectivity index (χ4n) is 4.23. The lowest BCUT2D eigenvalue weighted by Crippen LogP contribution is -2.50. The maximum absolute atomic E-state index is 12.1. The van der Waals surface area contributed by atoms with Crippen molar-refractivity contribution in [2.24, 2.45) is 11.3 Å². The van der Waals surface area contributed by atoms with Crippen molar-refractivity contribution < 1.29 is 14.3 Å². The molecule has 2 saturated heterocycles. The van der Waals surface area contributed by atoms with E-state index in [0.717, 1.165) is 26.0 Å². The quantitative estimate of drug-likeness (QED) is 0.687. The van der Waals surface area contributed by atoms with Crippen molar-refractivity contribution in [3.63, 3.8) is 0 Å². The zero-order valence-electron chi connectivity index (χ0n) is 10.6. The van der Waals surface area contributed by atoms with Gasteiger partial charge in [-0.05, 0) is 31.6 Å². The molecular formula is C13H21NO3. The van der Waals surface area contributed by atoms with Gasteiger partial charge in [0.25, 0.3) is 0 Å². The average Bonchev–Trinajstić information content (AvgIpc) is 2.97. The molecule has 4 heteroatoms. The topological polar surface area (TPSA) is 38.8 Å². The van der Waals surface area contributed by atoms with Gasteiger partial charge in [-0.25, -0.2) is 0 Å². The summed E-state index contributed by atoms with van der Waals surface area (Å²) in [6.07, 6.45) is 4.61. The Balaban J connectivity index is 1.79. The van der Waals surface area contributed by atoms with E-state index in [1.165, 1.54) is 20.0 Å². The van der Waals surface area contributed by atoms with Crippen LogP contribution in [0.4, 0.5) is 0 Å². The molecule has 0 aromatic carbocycles. The zero-order valence-corrected chi connectivity index (χ0v) is 10.6. The minimum Gasteiger partial charge on any atom is -0.469 e. The molecule has 1 aliphatic carbocycles. The third kappa shape index (κ3) is 1.47. The first-order valence-electron chi connectivity index (χ1n) is 6.57. The molecule has 3 aliphatic rings. The maximum Gasteiger partial charge on any atom is 0.313 e. The Bertz CT molecular complexity index is 333. The highest BCUT2D eigenvalue weighted by atomic mass is 16.5. The average molecular weight is 239 g/mol. The van der Waals surface area contributed by atoms with E-state index in [-0.39, 0.29) is 11.4 Å². The van der Waals surface area contributed by atoms with Gasteiger partial charge in [0.2, 0.25) is 0 Å². The van der Waals surface area contributed by atoms with Crippen LogP contribution in [0.25, 0.3) is 0 Å². The Labute approximate surface area is 102 Å². The molecule has 4 atom stereocenters. The molecule has 0 amide bonds. The van der Waals surface area contributed by atoms with Crippen LogP contribution in [-0.2, 0) is 14.3 Å². The second-order valence-electron chi connectivity index (χ2n) is 5.65. The van der Waals surface area contributed by atoms with Crippen LogP contribution >= 0.6 is 0 Å². The smallest absolute Gasteiger partial charge is 0.313 e. The SMILES string of the molecule is COCCN1C2CCC1C1(C(=O)OC)CC1C2. The van der Waals surface area contributed by atoms with Crippen molar-refractivity contribution in [1.82, 2.24) is 4.90 Å². The minimum absolute atomic E-state index is 0.0234. The highest BCUT2D eigenvalue weighted by molar-refractivity contribution is 5.82. The standard InChI is InChI=1S/C13H21NO3/c1-16-6-5-14-10-3-4-11(14)13(12(15)17-2)8-9(13)7-10/h9-11H,3-8H2,1-2H3. The molecule has 0 radical (unpaired) electrons. The number of hydrogen-bond donors (Lipinski definition) is 0. The number of carbonyl (C=O) groups excluding carboxylic acids is 1. The molecule has 0 spiro atoms. The lowest BCUT2D eigenvalue weighted by Gasteiger charge is -2.38. The predicted octanol–water partition coefficient (Wildman–Crippen LogP) is 1.05. The van der Waals surface area contributed by atoms with Gasteiger partial charge in [0.1, 0.15) is 0 Å². The molecule has 4 nitrogen and oxygen atoms in total. The molecule has 2 aliphatic heterocycles. The predicted molar refractivity (Wildman–Crippen MR) is 62.6 cm³/mol. The Morgan fingerprint density at radius 3 is 2.94 bits per heavy atom. The van der Waals surface area contributed by atoms with E-state index >= 15 is 0 Å². The lowest BCUT2D eigenvalue weighted by molar-refractivity contribution is -0.152. The largest absolute Gasteiger partial charge is 0.469 e. The third-order valence-corrected chi connectivity index (χ3v) is 5.07. The van der Waals surface area contributed by atoms with Crippen LogP contribution < -0.4 is 0 Å². The van der Waals surface area contributed by atoms with Gasteiger partial charge in [-0.1, -0.05) is 0 Å². The fraction of sp³-hybridized carbons (Fsp3) is 0.923. The van der Waals surface area contributed by atoms with Gasteiger partial charge >= 0.3 is 5.97 Å². The molecule has 0 aromatic rings. The van der Waals surface area contributed by atoms with E-state index in [9.17, 15) is 4.79 Å².